The van der Waals surface area contributed by atoms with Crippen molar-refractivity contribution in [1.29, 1.82) is 5.26 Å². The number of unbranched alkanes of at least 4 members (excludes halogenated alkanes) is 5. The fourth-order valence-electron chi connectivity index (χ4n) is 2.07. The summed E-state index contributed by atoms with van der Waals surface area (Å²) in [6.45, 7) is 4.28. The summed E-state index contributed by atoms with van der Waals surface area (Å²) in [5.74, 6) is -0.116. The maximum atomic E-state index is 10.7. The van der Waals surface area contributed by atoms with Crippen LogP contribution in [0.3, 0.4) is 0 Å². The molecule has 0 saturated carbocycles. The van der Waals surface area contributed by atoms with Gasteiger partial charge in [-0.2, -0.15) is 5.26 Å². The third-order valence-electron chi connectivity index (χ3n) is 3.26. The van der Waals surface area contributed by atoms with Crippen LogP contribution < -0.4 is 0 Å². The number of rotatable bonds is 10. The minimum Gasteiger partial charge on any atom is -0.302 e. The highest BCUT2D eigenvalue weighted by molar-refractivity contribution is 5.57. The molecule has 0 N–H and O–H groups in total. The van der Waals surface area contributed by atoms with Gasteiger partial charge in [-0.05, 0) is 12.3 Å². The predicted molar refractivity (Wildman–Crippen MR) is 66.9 cm³/mol. The standard InChI is InChI=1S/C14H25NO/c1-3-5-6-7-8-9-10-13(4-2)14(11-15)12-16/h12-14H,3-10H2,1-2H3. The van der Waals surface area contributed by atoms with Crippen LogP contribution in [0.1, 0.15) is 65.2 Å². The van der Waals surface area contributed by atoms with Crippen molar-refractivity contribution in [3.63, 3.8) is 0 Å². The highest BCUT2D eigenvalue weighted by Gasteiger charge is 2.17. The van der Waals surface area contributed by atoms with E-state index < -0.39 is 0 Å². The Labute approximate surface area is 100 Å². The second-order valence-corrected chi connectivity index (χ2v) is 4.52. The Balaban J connectivity index is 3.63. The number of nitrogens with zero attached hydrogens (tertiary/aromatic N) is 1. The molecule has 0 bridgehead atoms. The van der Waals surface area contributed by atoms with Crippen LogP contribution in [0.5, 0.6) is 0 Å². The van der Waals surface area contributed by atoms with Crippen LogP contribution in [0, 0.1) is 23.2 Å². The summed E-state index contributed by atoms with van der Waals surface area (Å²) in [6, 6.07) is 2.10. The maximum Gasteiger partial charge on any atom is 0.137 e. The summed E-state index contributed by atoms with van der Waals surface area (Å²) < 4.78 is 0. The Bertz CT molecular complexity index is 207. The number of hydrogen-bond acceptors (Lipinski definition) is 2. The molecule has 2 nitrogen and oxygen atoms in total. The predicted octanol–water partition coefficient (Wildman–Crippen LogP) is 4.10. The van der Waals surface area contributed by atoms with Gasteiger partial charge >= 0.3 is 0 Å². The van der Waals surface area contributed by atoms with Gasteiger partial charge in [0.05, 0.1) is 6.07 Å². The minimum absolute atomic E-state index is 0.272. The molecule has 2 heteroatoms. The lowest BCUT2D eigenvalue weighted by atomic mass is 9.87. The molecule has 16 heavy (non-hydrogen) atoms. The summed E-state index contributed by atoms with van der Waals surface area (Å²) in [6.07, 6.45) is 10.4. The molecule has 0 fully saturated rings. The van der Waals surface area contributed by atoms with Gasteiger partial charge < -0.3 is 4.79 Å². The van der Waals surface area contributed by atoms with E-state index in [1.807, 2.05) is 0 Å². The van der Waals surface area contributed by atoms with Gasteiger partial charge in [-0.3, -0.25) is 0 Å². The number of carbonyl (C=O) groups is 1. The summed E-state index contributed by atoms with van der Waals surface area (Å²) in [4.78, 5) is 10.7. The van der Waals surface area contributed by atoms with Crippen molar-refractivity contribution in [2.45, 2.75) is 65.2 Å². The lowest BCUT2D eigenvalue weighted by Gasteiger charge is -2.15. The second kappa shape index (κ2) is 10.7. The highest BCUT2D eigenvalue weighted by Crippen LogP contribution is 2.21. The smallest absolute Gasteiger partial charge is 0.137 e. The molecule has 0 rings (SSSR count). The maximum absolute atomic E-state index is 10.7. The van der Waals surface area contributed by atoms with E-state index in [0.29, 0.717) is 0 Å². The van der Waals surface area contributed by atoms with Crippen LogP contribution in [0.4, 0.5) is 0 Å². The first kappa shape index (κ1) is 15.2. The van der Waals surface area contributed by atoms with E-state index in [2.05, 4.69) is 19.9 Å². The Morgan fingerprint density at radius 3 is 2.25 bits per heavy atom. The molecule has 0 spiro atoms. The number of aldehydes is 1. The second-order valence-electron chi connectivity index (χ2n) is 4.52. The fourth-order valence-corrected chi connectivity index (χ4v) is 2.07. The van der Waals surface area contributed by atoms with Gasteiger partial charge in [-0.25, -0.2) is 0 Å². The average molecular weight is 223 g/mol. The van der Waals surface area contributed by atoms with E-state index >= 15 is 0 Å². The molecule has 0 aromatic heterocycles. The van der Waals surface area contributed by atoms with Crippen LogP contribution in [0.15, 0.2) is 0 Å². The molecular weight excluding hydrogens is 198 g/mol. The first-order chi connectivity index (χ1) is 7.79. The van der Waals surface area contributed by atoms with E-state index in [1.165, 1.54) is 32.1 Å². The molecule has 2 atom stereocenters. The Morgan fingerprint density at radius 2 is 1.75 bits per heavy atom. The molecule has 92 valence electrons. The monoisotopic (exact) mass is 223 g/mol. The Hall–Kier alpha value is -0.840. The summed E-state index contributed by atoms with van der Waals surface area (Å²) in [5.41, 5.74) is 0. The molecule has 0 amide bonds. The van der Waals surface area contributed by atoms with E-state index in [9.17, 15) is 4.79 Å². The first-order valence-electron chi connectivity index (χ1n) is 6.65. The summed E-state index contributed by atoms with van der Waals surface area (Å²) >= 11 is 0. The van der Waals surface area contributed by atoms with Crippen LogP contribution in [0.25, 0.3) is 0 Å². The quantitative estimate of drug-likeness (QED) is 0.413. The number of nitriles is 1. The van der Waals surface area contributed by atoms with Crippen LogP contribution >= 0.6 is 0 Å². The van der Waals surface area contributed by atoms with Gasteiger partial charge in [0.1, 0.15) is 12.2 Å². The number of carbonyl (C=O) groups excluding carboxylic acids is 1. The lowest BCUT2D eigenvalue weighted by molar-refractivity contribution is -0.111. The number of hydrogen-bond donors (Lipinski definition) is 0. The topological polar surface area (TPSA) is 40.9 Å². The lowest BCUT2D eigenvalue weighted by Crippen LogP contribution is -2.13. The van der Waals surface area contributed by atoms with Crippen molar-refractivity contribution < 1.29 is 4.79 Å². The van der Waals surface area contributed by atoms with Gasteiger partial charge in [0.2, 0.25) is 0 Å². The van der Waals surface area contributed by atoms with Crippen LogP contribution in [0.2, 0.25) is 0 Å². The van der Waals surface area contributed by atoms with Gasteiger partial charge in [0.25, 0.3) is 0 Å². The third kappa shape index (κ3) is 6.61. The third-order valence-corrected chi connectivity index (χ3v) is 3.26. The van der Waals surface area contributed by atoms with Crippen molar-refractivity contribution in [2.24, 2.45) is 11.8 Å². The molecule has 0 saturated heterocycles. The molecule has 0 aromatic rings. The largest absolute Gasteiger partial charge is 0.302 e. The highest BCUT2D eigenvalue weighted by atomic mass is 16.1. The molecule has 0 aliphatic carbocycles. The Kier molecular flexibility index (Phi) is 10.1. The molecule has 2 unspecified atom stereocenters. The van der Waals surface area contributed by atoms with Gasteiger partial charge in [-0.15, -0.1) is 0 Å². The molecule has 0 heterocycles. The fraction of sp³-hybridized carbons (Fsp3) is 0.857. The van der Waals surface area contributed by atoms with Crippen LogP contribution in [-0.2, 0) is 4.79 Å². The molecular formula is C14H25NO. The van der Waals surface area contributed by atoms with Crippen molar-refractivity contribution in [2.75, 3.05) is 0 Å². The van der Waals surface area contributed by atoms with E-state index in [0.717, 1.165) is 25.5 Å². The molecule has 0 aliphatic heterocycles. The minimum atomic E-state index is -0.388. The average Bonchev–Trinajstić information content (AvgIpc) is 2.32. The Morgan fingerprint density at radius 1 is 1.12 bits per heavy atom. The van der Waals surface area contributed by atoms with Gasteiger partial charge in [0.15, 0.2) is 0 Å². The first-order valence-corrected chi connectivity index (χ1v) is 6.65. The van der Waals surface area contributed by atoms with Crippen molar-refractivity contribution in [3.05, 3.63) is 0 Å². The van der Waals surface area contributed by atoms with Crippen molar-refractivity contribution in [3.8, 4) is 6.07 Å². The molecule has 0 aliphatic rings. The zero-order chi connectivity index (χ0) is 12.2. The SMILES string of the molecule is CCCCCCCCC(CC)C(C#N)C=O. The normalized spacial score (nSPS) is 14.1. The van der Waals surface area contributed by atoms with E-state index in [1.54, 1.807) is 0 Å². The zero-order valence-electron chi connectivity index (χ0n) is 10.7. The van der Waals surface area contributed by atoms with E-state index in [-0.39, 0.29) is 11.8 Å². The van der Waals surface area contributed by atoms with Crippen molar-refractivity contribution in [1.82, 2.24) is 0 Å². The zero-order valence-corrected chi connectivity index (χ0v) is 10.7. The molecule has 0 radical (unpaired) electrons. The van der Waals surface area contributed by atoms with Gasteiger partial charge in [-0.1, -0.05) is 58.8 Å². The summed E-state index contributed by atoms with van der Waals surface area (Å²) in [7, 11) is 0. The van der Waals surface area contributed by atoms with Gasteiger partial charge in [0, 0.05) is 0 Å². The van der Waals surface area contributed by atoms with E-state index in [4.69, 9.17) is 5.26 Å². The molecule has 0 aromatic carbocycles. The van der Waals surface area contributed by atoms with Crippen molar-refractivity contribution >= 4 is 6.29 Å². The van der Waals surface area contributed by atoms with Crippen LogP contribution in [-0.4, -0.2) is 6.29 Å². The summed E-state index contributed by atoms with van der Waals surface area (Å²) in [5, 5.41) is 8.82.